The van der Waals surface area contributed by atoms with Gasteiger partial charge in [0.05, 0.1) is 11.9 Å². The molecule has 7 nitrogen and oxygen atoms in total. The minimum atomic E-state index is -0.377. The lowest BCUT2D eigenvalue weighted by Crippen LogP contribution is -2.49. The zero-order valence-corrected chi connectivity index (χ0v) is 11.1. The number of imide groups is 1. The van der Waals surface area contributed by atoms with Gasteiger partial charge in [-0.05, 0) is 12.1 Å². The third kappa shape index (κ3) is 2.57. The Labute approximate surface area is 117 Å². The van der Waals surface area contributed by atoms with Gasteiger partial charge in [0.2, 0.25) is 5.91 Å². The van der Waals surface area contributed by atoms with Crippen LogP contribution in [0.3, 0.4) is 0 Å². The SMILES string of the molecule is O=C1CCN(c2ccc(N3CCNCC3)nc2)C(=O)N1. The van der Waals surface area contributed by atoms with Crippen LogP contribution in [-0.2, 0) is 4.79 Å². The molecule has 1 aromatic rings. The molecule has 2 fully saturated rings. The summed E-state index contributed by atoms with van der Waals surface area (Å²) in [5, 5.41) is 5.60. The van der Waals surface area contributed by atoms with Crippen LogP contribution in [0.2, 0.25) is 0 Å². The maximum absolute atomic E-state index is 11.7. The fourth-order valence-corrected chi connectivity index (χ4v) is 2.43. The zero-order valence-electron chi connectivity index (χ0n) is 11.1. The van der Waals surface area contributed by atoms with Gasteiger partial charge >= 0.3 is 6.03 Å². The Hall–Kier alpha value is -2.15. The van der Waals surface area contributed by atoms with Gasteiger partial charge in [-0.25, -0.2) is 9.78 Å². The molecule has 2 aliphatic rings. The monoisotopic (exact) mass is 275 g/mol. The van der Waals surface area contributed by atoms with Crippen molar-refractivity contribution in [3.05, 3.63) is 18.3 Å². The fraction of sp³-hybridized carbons (Fsp3) is 0.462. The summed E-state index contributed by atoms with van der Waals surface area (Å²) in [5.74, 6) is 0.695. The molecular formula is C13H17N5O2. The maximum Gasteiger partial charge on any atom is 0.328 e. The summed E-state index contributed by atoms with van der Waals surface area (Å²) in [6.45, 7) is 4.19. The van der Waals surface area contributed by atoms with Crippen molar-refractivity contribution in [1.82, 2.24) is 15.6 Å². The molecule has 3 heterocycles. The molecule has 0 atom stereocenters. The van der Waals surface area contributed by atoms with Gasteiger partial charge in [0.15, 0.2) is 0 Å². The fourth-order valence-electron chi connectivity index (χ4n) is 2.43. The van der Waals surface area contributed by atoms with Crippen molar-refractivity contribution in [3.63, 3.8) is 0 Å². The van der Waals surface area contributed by atoms with Crippen molar-refractivity contribution >= 4 is 23.4 Å². The van der Waals surface area contributed by atoms with E-state index in [-0.39, 0.29) is 11.9 Å². The number of carbonyl (C=O) groups is 2. The maximum atomic E-state index is 11.7. The smallest absolute Gasteiger partial charge is 0.328 e. The Bertz CT molecular complexity index is 510. The molecule has 1 aromatic heterocycles. The third-order valence-electron chi connectivity index (χ3n) is 3.54. The number of anilines is 2. The molecule has 0 bridgehead atoms. The first-order valence-corrected chi connectivity index (χ1v) is 6.77. The van der Waals surface area contributed by atoms with Crippen LogP contribution >= 0.6 is 0 Å². The highest BCUT2D eigenvalue weighted by molar-refractivity contribution is 6.05. The predicted octanol–water partition coefficient (Wildman–Crippen LogP) is -0.0625. The number of piperazine rings is 1. The molecule has 0 aromatic carbocycles. The topological polar surface area (TPSA) is 77.6 Å². The van der Waals surface area contributed by atoms with Gasteiger partial charge in [-0.2, -0.15) is 0 Å². The van der Waals surface area contributed by atoms with Gasteiger partial charge in [0, 0.05) is 39.1 Å². The predicted molar refractivity (Wildman–Crippen MR) is 74.8 cm³/mol. The lowest BCUT2D eigenvalue weighted by atomic mass is 10.2. The van der Waals surface area contributed by atoms with E-state index in [9.17, 15) is 9.59 Å². The molecule has 20 heavy (non-hydrogen) atoms. The van der Waals surface area contributed by atoms with Gasteiger partial charge in [0.1, 0.15) is 5.82 Å². The second-order valence-corrected chi connectivity index (χ2v) is 4.87. The molecule has 3 rings (SSSR count). The highest BCUT2D eigenvalue weighted by Crippen LogP contribution is 2.19. The van der Waals surface area contributed by atoms with Crippen LogP contribution < -0.4 is 20.4 Å². The van der Waals surface area contributed by atoms with E-state index in [1.165, 1.54) is 4.90 Å². The number of urea groups is 1. The zero-order chi connectivity index (χ0) is 13.9. The van der Waals surface area contributed by atoms with Crippen LogP contribution in [0, 0.1) is 0 Å². The molecule has 0 radical (unpaired) electrons. The van der Waals surface area contributed by atoms with Crippen LogP contribution in [0.1, 0.15) is 6.42 Å². The van der Waals surface area contributed by atoms with Crippen LogP contribution in [0.15, 0.2) is 18.3 Å². The third-order valence-corrected chi connectivity index (χ3v) is 3.54. The molecule has 0 aliphatic carbocycles. The van der Waals surface area contributed by atoms with Gasteiger partial charge in [-0.3, -0.25) is 15.0 Å². The quantitative estimate of drug-likeness (QED) is 0.790. The number of carbonyl (C=O) groups excluding carboxylic acids is 2. The van der Waals surface area contributed by atoms with Gasteiger partial charge in [0.25, 0.3) is 0 Å². The summed E-state index contributed by atoms with van der Waals surface area (Å²) in [6, 6.07) is 3.42. The van der Waals surface area contributed by atoms with Crippen molar-refractivity contribution in [1.29, 1.82) is 0 Å². The number of amides is 3. The van der Waals surface area contributed by atoms with E-state index in [4.69, 9.17) is 0 Å². The Morgan fingerprint density at radius 2 is 1.90 bits per heavy atom. The number of rotatable bonds is 2. The molecule has 0 spiro atoms. The highest BCUT2D eigenvalue weighted by atomic mass is 16.2. The molecule has 0 saturated carbocycles. The van der Waals surface area contributed by atoms with Crippen molar-refractivity contribution in [3.8, 4) is 0 Å². The summed E-state index contributed by atoms with van der Waals surface area (Å²) in [5.41, 5.74) is 0.717. The Balaban J connectivity index is 1.72. The average Bonchev–Trinajstić information content (AvgIpc) is 2.48. The summed E-state index contributed by atoms with van der Waals surface area (Å²) in [4.78, 5) is 31.0. The summed E-state index contributed by atoms with van der Waals surface area (Å²) >= 11 is 0. The van der Waals surface area contributed by atoms with E-state index in [1.54, 1.807) is 6.20 Å². The second-order valence-electron chi connectivity index (χ2n) is 4.87. The van der Waals surface area contributed by atoms with Crippen molar-refractivity contribution < 1.29 is 9.59 Å². The standard InChI is InChI=1S/C13H17N5O2/c19-12-3-6-18(13(20)16-12)10-1-2-11(15-9-10)17-7-4-14-5-8-17/h1-2,9,14H,3-8H2,(H,16,19,20). The van der Waals surface area contributed by atoms with E-state index in [1.807, 2.05) is 12.1 Å². The number of aromatic nitrogens is 1. The summed E-state index contributed by atoms with van der Waals surface area (Å²) in [7, 11) is 0. The van der Waals surface area contributed by atoms with Crippen molar-refractivity contribution in [2.24, 2.45) is 0 Å². The Kier molecular flexibility index (Phi) is 3.51. The molecule has 0 unspecified atom stereocenters. The molecule has 106 valence electrons. The largest absolute Gasteiger partial charge is 0.354 e. The molecule has 2 saturated heterocycles. The number of hydrogen-bond acceptors (Lipinski definition) is 5. The van der Waals surface area contributed by atoms with E-state index in [0.29, 0.717) is 18.7 Å². The number of nitrogens with one attached hydrogen (secondary N) is 2. The van der Waals surface area contributed by atoms with Crippen molar-refractivity contribution in [2.75, 3.05) is 42.5 Å². The number of nitrogens with zero attached hydrogens (tertiary/aromatic N) is 3. The number of hydrogen-bond donors (Lipinski definition) is 2. The lowest BCUT2D eigenvalue weighted by Gasteiger charge is -2.29. The van der Waals surface area contributed by atoms with Gasteiger partial charge < -0.3 is 10.2 Å². The lowest BCUT2D eigenvalue weighted by molar-refractivity contribution is -0.120. The van der Waals surface area contributed by atoms with Gasteiger partial charge in [-0.1, -0.05) is 0 Å². The number of pyridine rings is 1. The normalized spacial score (nSPS) is 20.0. The van der Waals surface area contributed by atoms with E-state index in [2.05, 4.69) is 20.5 Å². The van der Waals surface area contributed by atoms with Crippen LogP contribution in [0.25, 0.3) is 0 Å². The van der Waals surface area contributed by atoms with Gasteiger partial charge in [-0.15, -0.1) is 0 Å². The van der Waals surface area contributed by atoms with Crippen LogP contribution in [0.4, 0.5) is 16.3 Å². The molecule has 2 aliphatic heterocycles. The molecule has 3 amide bonds. The first-order valence-electron chi connectivity index (χ1n) is 6.77. The minimum Gasteiger partial charge on any atom is -0.354 e. The Morgan fingerprint density at radius 3 is 2.55 bits per heavy atom. The summed E-state index contributed by atoms with van der Waals surface area (Å²) in [6.07, 6.45) is 2.01. The first kappa shape index (κ1) is 12.9. The van der Waals surface area contributed by atoms with Crippen LogP contribution in [-0.4, -0.2) is 49.6 Å². The molecule has 7 heteroatoms. The van der Waals surface area contributed by atoms with E-state index < -0.39 is 0 Å². The molecular weight excluding hydrogens is 258 g/mol. The van der Waals surface area contributed by atoms with E-state index >= 15 is 0 Å². The minimum absolute atomic E-state index is 0.225. The Morgan fingerprint density at radius 1 is 1.10 bits per heavy atom. The average molecular weight is 275 g/mol. The first-order chi connectivity index (χ1) is 9.74. The van der Waals surface area contributed by atoms with Crippen LogP contribution in [0.5, 0.6) is 0 Å². The molecule has 2 N–H and O–H groups in total. The second kappa shape index (κ2) is 5.46. The summed E-state index contributed by atoms with van der Waals surface area (Å²) < 4.78 is 0. The highest BCUT2D eigenvalue weighted by Gasteiger charge is 2.24. The van der Waals surface area contributed by atoms with Crippen molar-refractivity contribution in [2.45, 2.75) is 6.42 Å². The van der Waals surface area contributed by atoms with E-state index in [0.717, 1.165) is 32.0 Å².